The number of fused-ring (bicyclic) bond motifs is 1. The molecule has 0 aliphatic rings. The van der Waals surface area contributed by atoms with Crippen LogP contribution in [0.4, 0.5) is 0 Å². The zero-order valence-electron chi connectivity index (χ0n) is 18.3. The van der Waals surface area contributed by atoms with Crippen LogP contribution in [0.15, 0.2) is 71.6 Å². The fourth-order valence-corrected chi connectivity index (χ4v) is 3.53. The van der Waals surface area contributed by atoms with E-state index in [1.54, 1.807) is 50.6 Å². The van der Waals surface area contributed by atoms with Crippen LogP contribution in [-0.2, 0) is 10.1 Å². The highest BCUT2D eigenvalue weighted by atomic mass is 32.2. The number of para-hydroxylation sites is 1. The summed E-state index contributed by atoms with van der Waals surface area (Å²) in [5, 5.41) is 9.21. The first-order chi connectivity index (χ1) is 16.2. The molecule has 9 nitrogen and oxygen atoms in total. The molecule has 34 heavy (non-hydrogen) atoms. The summed E-state index contributed by atoms with van der Waals surface area (Å²) in [6.45, 7) is 0. The topological polar surface area (TPSA) is 139 Å². The van der Waals surface area contributed by atoms with Crippen LogP contribution in [0.3, 0.4) is 0 Å². The summed E-state index contributed by atoms with van der Waals surface area (Å²) >= 11 is 0. The van der Waals surface area contributed by atoms with E-state index < -0.39 is 16.1 Å². The van der Waals surface area contributed by atoms with E-state index in [1.807, 2.05) is 24.3 Å². The Balaban J connectivity index is 0.000000271. The van der Waals surface area contributed by atoms with Crippen molar-refractivity contribution in [2.24, 2.45) is 0 Å². The second-order valence-electron chi connectivity index (χ2n) is 6.86. The molecule has 0 aliphatic heterocycles. The zero-order valence-corrected chi connectivity index (χ0v) is 19.1. The number of carboxylic acids is 1. The molecule has 1 heterocycles. The number of hydrogen-bond acceptors (Lipinski definition) is 6. The number of rotatable bonds is 6. The average molecular weight is 483 g/mol. The number of aromatic carboxylic acids is 1. The van der Waals surface area contributed by atoms with E-state index in [0.717, 1.165) is 5.56 Å². The van der Waals surface area contributed by atoms with Crippen molar-refractivity contribution >= 4 is 39.3 Å². The van der Waals surface area contributed by atoms with Gasteiger partial charge in [0.2, 0.25) is 0 Å². The fraction of sp³-hybridized carbons (Fsp3) is 0.0833. The Morgan fingerprint density at radius 2 is 1.65 bits per heavy atom. The van der Waals surface area contributed by atoms with Gasteiger partial charge in [0.1, 0.15) is 11.3 Å². The molecular weight excluding hydrogens is 460 g/mol. The molecular formula is C24H22N2O7S. The van der Waals surface area contributed by atoms with E-state index in [1.165, 1.54) is 18.2 Å². The van der Waals surface area contributed by atoms with Gasteiger partial charge < -0.3 is 19.6 Å². The van der Waals surface area contributed by atoms with Crippen molar-refractivity contribution < 1.29 is 32.3 Å². The van der Waals surface area contributed by atoms with Gasteiger partial charge in [-0.25, -0.2) is 9.78 Å². The molecule has 0 radical (unpaired) electrons. The van der Waals surface area contributed by atoms with Gasteiger partial charge in [0.15, 0.2) is 11.5 Å². The standard InChI is InChI=1S/C18H16N2O4.C6H6O3S/c1-23-14-8-6-11(10-15(14)24-2)7-9-16-19-13-5-3-4-12(18(21)22)17(13)20-16;7-10(8,9)6-4-2-1-3-5-6/h3-10H,1-2H3,(H,19,20)(H,21,22);1-5H,(H,7,8,9). The Morgan fingerprint density at radius 3 is 2.24 bits per heavy atom. The van der Waals surface area contributed by atoms with Crippen LogP contribution in [-0.4, -0.2) is 48.2 Å². The quantitative estimate of drug-likeness (QED) is 0.344. The molecule has 3 N–H and O–H groups in total. The minimum Gasteiger partial charge on any atom is -0.493 e. The molecule has 0 amide bonds. The van der Waals surface area contributed by atoms with Gasteiger partial charge in [0, 0.05) is 0 Å². The van der Waals surface area contributed by atoms with Crippen LogP contribution in [0.2, 0.25) is 0 Å². The molecule has 4 aromatic rings. The lowest BCUT2D eigenvalue weighted by molar-refractivity contribution is 0.0699. The predicted molar refractivity (Wildman–Crippen MR) is 128 cm³/mol. The Kier molecular flexibility index (Phi) is 7.67. The average Bonchev–Trinajstić information content (AvgIpc) is 3.26. The lowest BCUT2D eigenvalue weighted by Gasteiger charge is -2.07. The maximum absolute atomic E-state index is 11.2. The third kappa shape index (κ3) is 6.00. The first kappa shape index (κ1) is 24.5. The van der Waals surface area contributed by atoms with E-state index >= 15 is 0 Å². The van der Waals surface area contributed by atoms with E-state index in [-0.39, 0.29) is 10.5 Å². The third-order valence-corrected chi connectivity index (χ3v) is 5.51. The number of H-pyrrole nitrogens is 1. The maximum Gasteiger partial charge on any atom is 0.337 e. The smallest absolute Gasteiger partial charge is 0.337 e. The van der Waals surface area contributed by atoms with Crippen LogP contribution >= 0.6 is 0 Å². The van der Waals surface area contributed by atoms with Gasteiger partial charge in [-0.05, 0) is 48.0 Å². The Hall–Kier alpha value is -4.15. The summed E-state index contributed by atoms with van der Waals surface area (Å²) < 4.78 is 39.7. The molecule has 10 heteroatoms. The number of carbonyl (C=O) groups is 1. The minimum atomic E-state index is -4.00. The number of hydrogen-bond donors (Lipinski definition) is 3. The van der Waals surface area contributed by atoms with Crippen LogP contribution in [0.1, 0.15) is 21.7 Å². The van der Waals surface area contributed by atoms with E-state index in [9.17, 15) is 18.3 Å². The van der Waals surface area contributed by atoms with Crippen molar-refractivity contribution in [3.8, 4) is 11.5 Å². The third-order valence-electron chi connectivity index (χ3n) is 4.64. The van der Waals surface area contributed by atoms with Crippen LogP contribution < -0.4 is 9.47 Å². The minimum absolute atomic E-state index is 0.0741. The van der Waals surface area contributed by atoms with Gasteiger partial charge in [-0.15, -0.1) is 0 Å². The summed E-state index contributed by atoms with van der Waals surface area (Å²) in [6, 6.07) is 18.0. The van der Waals surface area contributed by atoms with Crippen LogP contribution in [0.25, 0.3) is 23.2 Å². The van der Waals surface area contributed by atoms with Gasteiger partial charge in [0.25, 0.3) is 10.1 Å². The lowest BCUT2D eigenvalue weighted by Crippen LogP contribution is -1.96. The predicted octanol–water partition coefficient (Wildman–Crippen LogP) is 4.38. The van der Waals surface area contributed by atoms with E-state index in [2.05, 4.69) is 9.97 Å². The molecule has 0 unspecified atom stereocenters. The summed E-state index contributed by atoms with van der Waals surface area (Å²) in [6.07, 6.45) is 3.65. The van der Waals surface area contributed by atoms with Crippen molar-refractivity contribution in [1.82, 2.24) is 9.97 Å². The summed E-state index contributed by atoms with van der Waals surface area (Å²) in [5.74, 6) is 0.873. The van der Waals surface area contributed by atoms with Gasteiger partial charge >= 0.3 is 5.97 Å². The SMILES string of the molecule is COc1ccc(C=Cc2nc3c(C(=O)O)cccc3[nH]2)cc1OC.O=S(=O)(O)c1ccccc1. The number of methoxy groups -OCH3 is 2. The first-order valence-electron chi connectivity index (χ1n) is 9.87. The molecule has 0 spiro atoms. The number of aromatic amines is 1. The molecule has 3 aromatic carbocycles. The van der Waals surface area contributed by atoms with Crippen LogP contribution in [0.5, 0.6) is 11.5 Å². The van der Waals surface area contributed by atoms with E-state index in [0.29, 0.717) is 28.4 Å². The number of ether oxygens (including phenoxy) is 2. The Bertz CT molecular complexity index is 1430. The molecule has 1 aromatic heterocycles. The zero-order chi connectivity index (χ0) is 24.7. The highest BCUT2D eigenvalue weighted by molar-refractivity contribution is 7.85. The van der Waals surface area contributed by atoms with Crippen molar-refractivity contribution in [2.45, 2.75) is 4.90 Å². The number of nitrogens with zero attached hydrogens (tertiary/aromatic N) is 1. The Labute approximate surface area is 196 Å². The number of carboxylic acid groups (broad SMARTS) is 1. The number of aromatic nitrogens is 2. The van der Waals surface area contributed by atoms with Crippen molar-refractivity contribution in [1.29, 1.82) is 0 Å². The summed E-state index contributed by atoms with van der Waals surface area (Å²) in [4.78, 5) is 18.6. The van der Waals surface area contributed by atoms with Crippen molar-refractivity contribution in [3.63, 3.8) is 0 Å². The fourth-order valence-electron chi connectivity index (χ4n) is 3.03. The maximum atomic E-state index is 11.2. The number of benzene rings is 3. The van der Waals surface area contributed by atoms with Gasteiger partial charge in [-0.2, -0.15) is 8.42 Å². The van der Waals surface area contributed by atoms with Crippen LogP contribution in [0, 0.1) is 0 Å². The number of imidazole rings is 1. The van der Waals surface area contributed by atoms with Gasteiger partial charge in [0.05, 0.1) is 30.2 Å². The normalized spacial score (nSPS) is 11.1. The summed E-state index contributed by atoms with van der Waals surface area (Å²) in [7, 11) is -0.836. The number of nitrogens with one attached hydrogen (secondary N) is 1. The molecule has 0 fully saturated rings. The first-order valence-corrected chi connectivity index (χ1v) is 11.3. The molecule has 0 saturated carbocycles. The largest absolute Gasteiger partial charge is 0.493 e. The Morgan fingerprint density at radius 1 is 0.941 bits per heavy atom. The molecule has 0 bridgehead atoms. The second-order valence-corrected chi connectivity index (χ2v) is 8.29. The monoisotopic (exact) mass is 482 g/mol. The molecule has 4 rings (SSSR count). The summed E-state index contributed by atoms with van der Waals surface area (Å²) in [5.41, 5.74) is 2.21. The van der Waals surface area contributed by atoms with Gasteiger partial charge in [-0.3, -0.25) is 4.55 Å². The molecule has 176 valence electrons. The molecule has 0 aliphatic carbocycles. The highest BCUT2D eigenvalue weighted by Gasteiger charge is 2.11. The molecule has 0 saturated heterocycles. The van der Waals surface area contributed by atoms with Crippen molar-refractivity contribution in [2.75, 3.05) is 14.2 Å². The lowest BCUT2D eigenvalue weighted by atomic mass is 10.2. The highest BCUT2D eigenvalue weighted by Crippen LogP contribution is 2.28. The van der Waals surface area contributed by atoms with Crippen molar-refractivity contribution in [3.05, 3.63) is 83.7 Å². The molecule has 0 atom stereocenters. The second kappa shape index (κ2) is 10.6. The van der Waals surface area contributed by atoms with E-state index in [4.69, 9.17) is 14.0 Å². The van der Waals surface area contributed by atoms with Gasteiger partial charge in [-0.1, -0.05) is 36.4 Å².